The number of ether oxygens (including phenoxy) is 1. The number of nitrogens with zero attached hydrogens (tertiary/aromatic N) is 2. The minimum absolute atomic E-state index is 0.135. The smallest absolute Gasteiger partial charge is 0.271 e. The van der Waals surface area contributed by atoms with Gasteiger partial charge in [0.2, 0.25) is 0 Å². The van der Waals surface area contributed by atoms with Gasteiger partial charge in [-0.3, -0.25) is 9.59 Å². The highest BCUT2D eigenvalue weighted by Crippen LogP contribution is 2.27. The molecular weight excluding hydrogens is 446 g/mol. The first-order valence-corrected chi connectivity index (χ1v) is 11.8. The molecule has 7 heteroatoms. The van der Waals surface area contributed by atoms with Crippen molar-refractivity contribution in [1.82, 2.24) is 15.1 Å². The Morgan fingerprint density at radius 2 is 1.68 bits per heavy atom. The van der Waals surface area contributed by atoms with E-state index < -0.39 is 0 Å². The minimum Gasteiger partial charge on any atom is -0.497 e. The number of methoxy groups -OCH3 is 1. The van der Waals surface area contributed by atoms with Crippen LogP contribution in [0.5, 0.6) is 5.75 Å². The van der Waals surface area contributed by atoms with Gasteiger partial charge in [0.05, 0.1) is 12.8 Å². The van der Waals surface area contributed by atoms with Crippen LogP contribution in [0, 0.1) is 0 Å². The first-order valence-electron chi connectivity index (χ1n) is 11.0. The third-order valence-corrected chi connectivity index (χ3v) is 6.14. The van der Waals surface area contributed by atoms with E-state index in [9.17, 15) is 9.59 Å². The highest BCUT2D eigenvalue weighted by Gasteiger charge is 2.09. The lowest BCUT2D eigenvalue weighted by molar-refractivity contribution is 0.0953. The fraction of sp³-hybridized carbons (Fsp3) is 0.148. The number of hydrogen-bond donors (Lipinski definition) is 1. The van der Waals surface area contributed by atoms with E-state index in [1.54, 1.807) is 37.4 Å². The van der Waals surface area contributed by atoms with Gasteiger partial charge in [-0.2, -0.15) is 9.78 Å². The van der Waals surface area contributed by atoms with Crippen molar-refractivity contribution in [2.24, 2.45) is 0 Å². The summed E-state index contributed by atoms with van der Waals surface area (Å²) in [5.41, 5.74) is 2.16. The molecule has 172 valence electrons. The third kappa shape index (κ3) is 6.14. The van der Waals surface area contributed by atoms with Crippen molar-refractivity contribution in [2.75, 3.05) is 13.7 Å². The van der Waals surface area contributed by atoms with Gasteiger partial charge in [0.25, 0.3) is 11.5 Å². The lowest BCUT2D eigenvalue weighted by Crippen LogP contribution is -2.25. The van der Waals surface area contributed by atoms with Gasteiger partial charge in [-0.25, -0.2) is 0 Å². The highest BCUT2D eigenvalue weighted by molar-refractivity contribution is 7.99. The molecule has 1 N–H and O–H groups in total. The maximum atomic E-state index is 12.5. The molecule has 0 radical (unpaired) electrons. The second kappa shape index (κ2) is 11.3. The van der Waals surface area contributed by atoms with E-state index in [0.717, 1.165) is 23.5 Å². The van der Waals surface area contributed by atoms with Crippen molar-refractivity contribution in [1.29, 1.82) is 0 Å². The Balaban J connectivity index is 1.38. The van der Waals surface area contributed by atoms with Crippen LogP contribution in [-0.4, -0.2) is 29.3 Å². The largest absolute Gasteiger partial charge is 0.497 e. The molecule has 0 saturated heterocycles. The molecule has 3 aromatic carbocycles. The zero-order chi connectivity index (χ0) is 23.8. The number of carbonyl (C=O) groups excluding carboxylic acids is 1. The minimum atomic E-state index is -0.239. The topological polar surface area (TPSA) is 73.2 Å². The van der Waals surface area contributed by atoms with Crippen molar-refractivity contribution < 1.29 is 9.53 Å². The Hall–Kier alpha value is -3.84. The van der Waals surface area contributed by atoms with Gasteiger partial charge in [0.15, 0.2) is 0 Å². The average Bonchev–Trinajstić information content (AvgIpc) is 2.89. The summed E-state index contributed by atoms with van der Waals surface area (Å²) in [6.45, 7) is 0.598. The molecule has 0 fully saturated rings. The van der Waals surface area contributed by atoms with Crippen LogP contribution in [0.25, 0.3) is 5.69 Å². The van der Waals surface area contributed by atoms with E-state index >= 15 is 0 Å². The summed E-state index contributed by atoms with van der Waals surface area (Å²) in [7, 11) is 1.63. The molecule has 0 spiro atoms. The quantitative estimate of drug-likeness (QED) is 0.357. The van der Waals surface area contributed by atoms with Gasteiger partial charge in [-0.05, 0) is 73.0 Å². The van der Waals surface area contributed by atoms with Crippen molar-refractivity contribution in [3.63, 3.8) is 0 Å². The van der Waals surface area contributed by atoms with Gasteiger partial charge in [0.1, 0.15) is 10.8 Å². The molecule has 0 aliphatic heterocycles. The fourth-order valence-electron chi connectivity index (χ4n) is 3.39. The normalized spacial score (nSPS) is 10.6. The predicted molar refractivity (Wildman–Crippen MR) is 134 cm³/mol. The molecule has 4 rings (SSSR count). The molecule has 0 aliphatic rings. The number of amides is 1. The number of carbonyl (C=O) groups is 1. The lowest BCUT2D eigenvalue weighted by atomic mass is 10.1. The van der Waals surface area contributed by atoms with Gasteiger partial charge in [-0.15, -0.1) is 0 Å². The van der Waals surface area contributed by atoms with Crippen LogP contribution in [0.15, 0.2) is 106 Å². The van der Waals surface area contributed by atoms with Gasteiger partial charge in [-0.1, -0.05) is 42.1 Å². The number of hydrogen-bond acceptors (Lipinski definition) is 5. The molecule has 0 atom stereocenters. The van der Waals surface area contributed by atoms with Crippen molar-refractivity contribution >= 4 is 17.7 Å². The average molecular weight is 472 g/mol. The Bertz CT molecular complexity index is 1290. The zero-order valence-electron chi connectivity index (χ0n) is 18.8. The molecule has 6 nitrogen and oxygen atoms in total. The Labute approximate surface area is 202 Å². The van der Waals surface area contributed by atoms with Gasteiger partial charge < -0.3 is 10.1 Å². The monoisotopic (exact) mass is 471 g/mol. The molecule has 1 amide bonds. The van der Waals surface area contributed by atoms with Crippen LogP contribution in [0.2, 0.25) is 0 Å². The predicted octanol–water partition coefficient (Wildman–Crippen LogP) is 4.75. The lowest BCUT2D eigenvalue weighted by Gasteiger charge is -2.09. The summed E-state index contributed by atoms with van der Waals surface area (Å²) in [5.74, 6) is 0.645. The van der Waals surface area contributed by atoms with E-state index in [1.165, 1.54) is 28.1 Å². The highest BCUT2D eigenvalue weighted by atomic mass is 32.2. The Morgan fingerprint density at radius 3 is 2.38 bits per heavy atom. The zero-order valence-corrected chi connectivity index (χ0v) is 19.6. The van der Waals surface area contributed by atoms with Crippen molar-refractivity contribution in [3.05, 3.63) is 112 Å². The maximum absolute atomic E-state index is 12.5. The molecule has 0 unspecified atom stereocenters. The molecule has 1 aromatic heterocycles. The molecule has 0 aliphatic carbocycles. The van der Waals surface area contributed by atoms with Crippen LogP contribution >= 0.6 is 11.8 Å². The summed E-state index contributed by atoms with van der Waals surface area (Å²) in [6.07, 6.45) is 1.78. The van der Waals surface area contributed by atoms with Crippen LogP contribution in [0.3, 0.4) is 0 Å². The number of benzene rings is 3. The van der Waals surface area contributed by atoms with Crippen LogP contribution in [0.1, 0.15) is 22.3 Å². The van der Waals surface area contributed by atoms with E-state index in [0.29, 0.717) is 22.8 Å². The van der Waals surface area contributed by atoms with Crippen LogP contribution in [0.4, 0.5) is 0 Å². The fourth-order valence-corrected chi connectivity index (χ4v) is 4.17. The molecule has 4 aromatic rings. The van der Waals surface area contributed by atoms with Gasteiger partial charge in [0, 0.05) is 23.1 Å². The summed E-state index contributed by atoms with van der Waals surface area (Å²) in [6, 6.07) is 27.9. The number of aryl methyl sites for hydroxylation is 1. The van der Waals surface area contributed by atoms with Crippen molar-refractivity contribution in [3.8, 4) is 11.4 Å². The first-order chi connectivity index (χ1) is 16.6. The maximum Gasteiger partial charge on any atom is 0.271 e. The van der Waals surface area contributed by atoms with Gasteiger partial charge >= 0.3 is 0 Å². The second-order valence-corrected chi connectivity index (χ2v) is 8.68. The standard InChI is InChI=1S/C27H25N3O3S/c1-33-23-13-15-24(16-14-23)34-25-17-18-26(31)30(29-25)22-11-9-21(10-12-22)27(32)28-19-5-8-20-6-3-2-4-7-20/h2-4,6-7,9-18H,5,8,19H2,1H3,(H,28,32). The molecule has 0 saturated carbocycles. The molecule has 34 heavy (non-hydrogen) atoms. The number of aromatic nitrogens is 2. The number of nitrogens with one attached hydrogen (secondary N) is 1. The van der Waals surface area contributed by atoms with Crippen LogP contribution < -0.4 is 15.6 Å². The van der Waals surface area contributed by atoms with E-state index in [1.807, 2.05) is 42.5 Å². The van der Waals surface area contributed by atoms with E-state index in [-0.39, 0.29) is 11.5 Å². The number of rotatable bonds is 9. The summed E-state index contributed by atoms with van der Waals surface area (Å²) >= 11 is 1.45. The SMILES string of the molecule is COc1ccc(Sc2ccc(=O)n(-c3ccc(C(=O)NCCCc4ccccc4)cc3)n2)cc1. The van der Waals surface area contributed by atoms with Crippen molar-refractivity contribution in [2.45, 2.75) is 22.8 Å². The summed E-state index contributed by atoms with van der Waals surface area (Å²) in [5, 5.41) is 8.11. The Kier molecular flexibility index (Phi) is 7.78. The van der Waals surface area contributed by atoms with Crippen LogP contribution in [-0.2, 0) is 6.42 Å². The first kappa shape index (κ1) is 23.3. The second-order valence-electron chi connectivity index (χ2n) is 7.59. The molecular formula is C27H25N3O3S. The molecule has 0 bridgehead atoms. The third-order valence-electron chi connectivity index (χ3n) is 5.20. The summed E-state index contributed by atoms with van der Waals surface area (Å²) < 4.78 is 6.53. The molecule has 1 heterocycles. The summed E-state index contributed by atoms with van der Waals surface area (Å²) in [4.78, 5) is 25.9. The Morgan fingerprint density at radius 1 is 0.941 bits per heavy atom. The van der Waals surface area contributed by atoms with E-state index in [4.69, 9.17) is 4.74 Å². The van der Waals surface area contributed by atoms with E-state index in [2.05, 4.69) is 22.5 Å².